The second kappa shape index (κ2) is 4.05. The first-order chi connectivity index (χ1) is 8.74. The fraction of sp³-hybridized carbons (Fsp3) is 0.250. The number of rotatable bonds is 2. The maximum atomic E-state index is 3.88. The molecule has 0 fully saturated rings. The summed E-state index contributed by atoms with van der Waals surface area (Å²) in [6, 6.07) is 13.0. The minimum atomic E-state index is 0.350. The van der Waals surface area contributed by atoms with Gasteiger partial charge < -0.3 is 9.80 Å². The lowest BCUT2D eigenvalue weighted by atomic mass is 10.0. The van der Waals surface area contributed by atoms with Gasteiger partial charge in [-0.1, -0.05) is 30.3 Å². The van der Waals surface area contributed by atoms with Crippen molar-refractivity contribution in [2.75, 3.05) is 23.9 Å². The highest BCUT2D eigenvalue weighted by Crippen LogP contribution is 2.40. The van der Waals surface area contributed by atoms with Gasteiger partial charge in [0.25, 0.3) is 0 Å². The molecule has 0 unspecified atom stereocenters. The molecule has 0 spiro atoms. The molecule has 0 bridgehead atoms. The number of anilines is 2. The van der Waals surface area contributed by atoms with Crippen LogP contribution in [0.15, 0.2) is 49.1 Å². The van der Waals surface area contributed by atoms with Gasteiger partial charge in [-0.25, -0.2) is 0 Å². The summed E-state index contributed by atoms with van der Waals surface area (Å²) in [5.74, 6) is 0. The van der Waals surface area contributed by atoms with Crippen molar-refractivity contribution in [3.8, 4) is 0 Å². The number of hydrogen-bond donors (Lipinski definition) is 0. The van der Waals surface area contributed by atoms with Crippen LogP contribution in [-0.2, 0) is 0 Å². The topological polar surface area (TPSA) is 6.48 Å². The molecule has 0 radical (unpaired) electrons. The third-order valence-corrected chi connectivity index (χ3v) is 3.89. The van der Waals surface area contributed by atoms with Crippen molar-refractivity contribution in [3.63, 3.8) is 0 Å². The summed E-state index contributed by atoms with van der Waals surface area (Å²) in [7, 11) is 4.32. The molecule has 0 saturated heterocycles. The molecule has 1 aliphatic rings. The van der Waals surface area contributed by atoms with E-state index in [1.54, 1.807) is 0 Å². The van der Waals surface area contributed by atoms with Crippen LogP contribution in [-0.4, -0.2) is 20.3 Å². The Morgan fingerprint density at radius 3 is 2.11 bits per heavy atom. The van der Waals surface area contributed by atoms with Crippen LogP contribution >= 0.6 is 0 Å². The highest BCUT2D eigenvalue weighted by Gasteiger charge is 2.27. The Hall–Kier alpha value is -1.96. The highest BCUT2D eigenvalue weighted by atomic mass is 15.3. The van der Waals surface area contributed by atoms with E-state index in [0.717, 1.165) is 6.42 Å². The molecule has 0 amide bonds. The largest absolute Gasteiger partial charge is 0.353 e. The molecule has 0 aromatic heterocycles. The lowest BCUT2D eigenvalue weighted by molar-refractivity contribution is 0.619. The quantitative estimate of drug-likeness (QED) is 0.737. The molecule has 0 N–H and O–H groups in total. The van der Waals surface area contributed by atoms with Gasteiger partial charge in [-0.2, -0.15) is 0 Å². The van der Waals surface area contributed by atoms with Gasteiger partial charge in [0, 0.05) is 37.3 Å². The average Bonchev–Trinajstić information content (AvgIpc) is 2.40. The second-order valence-corrected chi connectivity index (χ2v) is 4.88. The minimum absolute atomic E-state index is 0.350. The van der Waals surface area contributed by atoms with Crippen molar-refractivity contribution in [1.82, 2.24) is 0 Å². The van der Waals surface area contributed by atoms with E-state index in [1.165, 1.54) is 22.1 Å². The van der Waals surface area contributed by atoms with Gasteiger partial charge in [0.2, 0.25) is 0 Å². The van der Waals surface area contributed by atoms with E-state index in [1.807, 2.05) is 6.08 Å². The van der Waals surface area contributed by atoms with Crippen LogP contribution in [0.25, 0.3) is 10.8 Å². The maximum absolute atomic E-state index is 3.88. The summed E-state index contributed by atoms with van der Waals surface area (Å²) in [5, 5.41) is 2.66. The fourth-order valence-electron chi connectivity index (χ4n) is 2.94. The smallest absolute Gasteiger partial charge is 0.104 e. The van der Waals surface area contributed by atoms with Gasteiger partial charge in [0.1, 0.15) is 6.17 Å². The Morgan fingerprint density at radius 2 is 1.61 bits per heavy atom. The molecule has 1 heterocycles. The summed E-state index contributed by atoms with van der Waals surface area (Å²) in [5.41, 5.74) is 2.63. The predicted octanol–water partition coefficient (Wildman–Crippen LogP) is 3.63. The van der Waals surface area contributed by atoms with E-state index in [0.29, 0.717) is 6.17 Å². The summed E-state index contributed by atoms with van der Waals surface area (Å²) in [6.45, 7) is 3.88. The SMILES string of the molecule is C=CCC1N(C)c2cccc3cccc(c23)N1C. The van der Waals surface area contributed by atoms with Gasteiger partial charge in [-0.3, -0.25) is 0 Å². The molecule has 2 nitrogen and oxygen atoms in total. The van der Waals surface area contributed by atoms with Crippen LogP contribution in [0.5, 0.6) is 0 Å². The number of hydrogen-bond acceptors (Lipinski definition) is 2. The monoisotopic (exact) mass is 238 g/mol. The Labute approximate surface area is 108 Å². The van der Waals surface area contributed by atoms with Gasteiger partial charge >= 0.3 is 0 Å². The second-order valence-electron chi connectivity index (χ2n) is 4.88. The predicted molar refractivity (Wildman–Crippen MR) is 79.4 cm³/mol. The molecule has 92 valence electrons. The standard InChI is InChI=1S/C16H18N2/c1-4-7-15-17(2)13-10-5-8-12-9-6-11-14(16(12)13)18(15)3/h4-6,8-11,15H,1,7H2,2-3H3. The molecule has 0 atom stereocenters. The molecule has 2 heteroatoms. The van der Waals surface area contributed by atoms with E-state index < -0.39 is 0 Å². The third-order valence-electron chi connectivity index (χ3n) is 3.89. The Kier molecular flexibility index (Phi) is 2.51. The Morgan fingerprint density at radius 1 is 1.06 bits per heavy atom. The van der Waals surface area contributed by atoms with E-state index in [-0.39, 0.29) is 0 Å². The van der Waals surface area contributed by atoms with E-state index in [9.17, 15) is 0 Å². The minimum Gasteiger partial charge on any atom is -0.353 e. The fourth-order valence-corrected chi connectivity index (χ4v) is 2.94. The van der Waals surface area contributed by atoms with Crippen molar-refractivity contribution < 1.29 is 0 Å². The highest BCUT2D eigenvalue weighted by molar-refractivity contribution is 6.05. The van der Waals surface area contributed by atoms with Crippen LogP contribution in [0.4, 0.5) is 11.4 Å². The molecule has 2 aromatic rings. The zero-order valence-electron chi connectivity index (χ0n) is 10.9. The third kappa shape index (κ3) is 1.42. The van der Waals surface area contributed by atoms with Gasteiger partial charge in [-0.05, 0) is 17.5 Å². The molecule has 3 rings (SSSR count). The molecular formula is C16H18N2. The van der Waals surface area contributed by atoms with Crippen LogP contribution in [0.1, 0.15) is 6.42 Å². The first-order valence-corrected chi connectivity index (χ1v) is 6.32. The van der Waals surface area contributed by atoms with Crippen LogP contribution in [0.2, 0.25) is 0 Å². The zero-order valence-corrected chi connectivity index (χ0v) is 10.9. The first kappa shape index (κ1) is 11.1. The van der Waals surface area contributed by atoms with Gasteiger partial charge in [-0.15, -0.1) is 6.58 Å². The summed E-state index contributed by atoms with van der Waals surface area (Å²) in [6.07, 6.45) is 3.30. The molecule has 0 aliphatic carbocycles. The lowest BCUT2D eigenvalue weighted by Crippen LogP contribution is -2.47. The summed E-state index contributed by atoms with van der Waals surface area (Å²) < 4.78 is 0. The van der Waals surface area contributed by atoms with Crippen LogP contribution in [0.3, 0.4) is 0 Å². The molecule has 0 saturated carbocycles. The van der Waals surface area contributed by atoms with Crippen molar-refractivity contribution in [2.24, 2.45) is 0 Å². The van der Waals surface area contributed by atoms with Crippen molar-refractivity contribution in [2.45, 2.75) is 12.6 Å². The van der Waals surface area contributed by atoms with Crippen molar-refractivity contribution in [1.29, 1.82) is 0 Å². The zero-order chi connectivity index (χ0) is 12.7. The lowest BCUT2D eigenvalue weighted by Gasteiger charge is -2.43. The number of nitrogens with zero attached hydrogens (tertiary/aromatic N) is 2. The summed E-state index contributed by atoms with van der Waals surface area (Å²) >= 11 is 0. The van der Waals surface area contributed by atoms with Gasteiger partial charge in [0.05, 0.1) is 0 Å². The van der Waals surface area contributed by atoms with E-state index >= 15 is 0 Å². The molecular weight excluding hydrogens is 220 g/mol. The Bertz CT molecular complexity index is 558. The van der Waals surface area contributed by atoms with Gasteiger partial charge in [0.15, 0.2) is 0 Å². The van der Waals surface area contributed by atoms with E-state index in [2.05, 4.69) is 66.9 Å². The van der Waals surface area contributed by atoms with Crippen molar-refractivity contribution >= 4 is 22.1 Å². The Balaban J connectivity index is 2.28. The molecule has 18 heavy (non-hydrogen) atoms. The molecule has 1 aliphatic heterocycles. The first-order valence-electron chi connectivity index (χ1n) is 6.32. The molecule has 2 aromatic carbocycles. The summed E-state index contributed by atoms with van der Waals surface area (Å²) in [4.78, 5) is 4.69. The normalized spacial score (nSPS) is 15.2. The maximum Gasteiger partial charge on any atom is 0.104 e. The average molecular weight is 238 g/mol. The van der Waals surface area contributed by atoms with E-state index in [4.69, 9.17) is 0 Å². The number of benzene rings is 2. The van der Waals surface area contributed by atoms with Crippen LogP contribution < -0.4 is 9.80 Å². The van der Waals surface area contributed by atoms with Crippen LogP contribution in [0, 0.1) is 0 Å². The van der Waals surface area contributed by atoms with Crippen molar-refractivity contribution in [3.05, 3.63) is 49.1 Å².